The molecule has 13 heavy (non-hydrogen) atoms. The first-order valence-electron chi connectivity index (χ1n) is 3.94. The molecule has 0 aliphatic rings. The zero-order valence-electron chi connectivity index (χ0n) is 7.63. The van der Waals surface area contributed by atoms with Gasteiger partial charge in [-0.25, -0.2) is 5.87 Å². The highest BCUT2D eigenvalue weighted by molar-refractivity contribution is 5.98. The van der Waals surface area contributed by atoms with Crippen molar-refractivity contribution in [2.75, 3.05) is 0 Å². The van der Waals surface area contributed by atoms with E-state index < -0.39 is 0 Å². The molecule has 2 heteroatoms. The van der Waals surface area contributed by atoms with E-state index in [4.69, 9.17) is 10.7 Å². The van der Waals surface area contributed by atoms with Crippen molar-refractivity contribution in [3.05, 3.63) is 40.3 Å². The first-order valence-corrected chi connectivity index (χ1v) is 3.94. The normalized spacial score (nSPS) is 8.69. The van der Waals surface area contributed by atoms with E-state index in [0.717, 1.165) is 5.56 Å². The maximum atomic E-state index is 8.63. The Balaban J connectivity index is 3.27. The molecule has 0 unspecified atom stereocenters. The van der Waals surface area contributed by atoms with Gasteiger partial charge in [0, 0.05) is 0 Å². The summed E-state index contributed by atoms with van der Waals surface area (Å²) in [5, 5.41) is 17.3. The molecule has 0 spiro atoms. The summed E-state index contributed by atoms with van der Waals surface area (Å²) >= 11 is 0. The van der Waals surface area contributed by atoms with Crippen molar-refractivity contribution in [1.29, 1.82) is 5.26 Å². The van der Waals surface area contributed by atoms with Crippen molar-refractivity contribution >= 4 is 11.4 Å². The summed E-state index contributed by atoms with van der Waals surface area (Å²) in [6.45, 7) is 3.96. The highest BCUT2D eigenvalue weighted by atomic mass is 14.3. The average molecular weight is 169 g/mol. The minimum absolute atomic E-state index is 0.170. The lowest BCUT2D eigenvalue weighted by atomic mass is 10.0. The molecular formula is C11H9N2-. The third kappa shape index (κ3) is 1.84. The lowest BCUT2D eigenvalue weighted by Gasteiger charge is -2.02. The molecule has 64 valence electrons. The number of hydrogen-bond donors (Lipinski definition) is 0. The van der Waals surface area contributed by atoms with Crippen molar-refractivity contribution in [3.8, 4) is 6.07 Å². The fraction of sp³-hybridized carbons (Fsp3) is 0.182. The second kappa shape index (κ2) is 3.71. The average Bonchev–Trinajstić information content (AvgIpc) is 2.13. The monoisotopic (exact) mass is 169 g/mol. The first-order chi connectivity index (χ1) is 6.19. The molecular weight excluding hydrogens is 160 g/mol. The van der Waals surface area contributed by atoms with E-state index in [0.29, 0.717) is 5.56 Å². The van der Waals surface area contributed by atoms with Crippen LogP contribution in [0.2, 0.25) is 0 Å². The van der Waals surface area contributed by atoms with E-state index >= 15 is 0 Å². The molecule has 0 radical (unpaired) electrons. The summed E-state index contributed by atoms with van der Waals surface area (Å²) in [5.41, 5.74) is 3.13. The second-order valence-electron chi connectivity index (χ2n) is 2.90. The van der Waals surface area contributed by atoms with E-state index in [1.54, 1.807) is 6.07 Å². The molecule has 0 aromatic heterocycles. The van der Waals surface area contributed by atoms with Crippen LogP contribution in [0.1, 0.15) is 16.7 Å². The molecule has 1 rings (SSSR count). The topological polar surface area (TPSA) is 46.1 Å². The number of rotatable bonds is 1. The maximum Gasteiger partial charge on any atom is 0.106 e. The summed E-state index contributed by atoms with van der Waals surface area (Å²) in [7, 11) is 0. The van der Waals surface area contributed by atoms with Crippen LogP contribution in [-0.4, -0.2) is 5.87 Å². The highest BCUT2D eigenvalue weighted by Gasteiger charge is 1.99. The molecule has 0 saturated carbocycles. The van der Waals surface area contributed by atoms with Gasteiger partial charge in [-0.1, -0.05) is 12.1 Å². The Morgan fingerprint density at radius 2 is 2.00 bits per heavy atom. The lowest BCUT2D eigenvalue weighted by molar-refractivity contribution is 1.33. The zero-order valence-corrected chi connectivity index (χ0v) is 7.63. The Labute approximate surface area is 77.6 Å². The van der Waals surface area contributed by atoms with Gasteiger partial charge in [0.25, 0.3) is 0 Å². The zero-order chi connectivity index (χ0) is 9.84. The standard InChI is InChI=1S/C11H9N2/c1-8-3-4-10(5-9(8)2)11(6-12)7-13/h3-5H,1-2H3/q-1. The maximum absolute atomic E-state index is 8.63. The van der Waals surface area contributed by atoms with Crippen LogP contribution in [0.15, 0.2) is 18.2 Å². The van der Waals surface area contributed by atoms with Gasteiger partial charge >= 0.3 is 0 Å². The predicted molar refractivity (Wildman–Crippen MR) is 53.3 cm³/mol. The molecule has 0 aliphatic heterocycles. The Kier molecular flexibility index (Phi) is 2.64. The molecule has 0 amide bonds. The highest BCUT2D eigenvalue weighted by Crippen LogP contribution is 2.15. The van der Waals surface area contributed by atoms with Gasteiger partial charge in [0.15, 0.2) is 0 Å². The minimum atomic E-state index is 0.170. The number of nitriles is 1. The van der Waals surface area contributed by atoms with Crippen LogP contribution in [0.5, 0.6) is 0 Å². The van der Waals surface area contributed by atoms with Gasteiger partial charge in [0.05, 0.1) is 5.57 Å². The summed E-state index contributed by atoms with van der Waals surface area (Å²) in [5.74, 6) is 1.87. The lowest BCUT2D eigenvalue weighted by Crippen LogP contribution is -1.86. The first kappa shape index (κ1) is 9.25. The minimum Gasteiger partial charge on any atom is -0.762 e. The molecule has 0 fully saturated rings. The molecule has 1 aromatic carbocycles. The third-order valence-corrected chi connectivity index (χ3v) is 2.02. The van der Waals surface area contributed by atoms with Crippen LogP contribution in [0.25, 0.3) is 11.0 Å². The molecule has 0 atom stereocenters. The van der Waals surface area contributed by atoms with Crippen LogP contribution in [0.3, 0.4) is 0 Å². The Morgan fingerprint density at radius 1 is 1.31 bits per heavy atom. The van der Waals surface area contributed by atoms with Crippen LogP contribution in [-0.2, 0) is 0 Å². The van der Waals surface area contributed by atoms with Crippen molar-refractivity contribution < 1.29 is 0 Å². The number of allylic oxidation sites excluding steroid dienone is 1. The van der Waals surface area contributed by atoms with Crippen LogP contribution < -0.4 is 0 Å². The van der Waals surface area contributed by atoms with Gasteiger partial charge < -0.3 is 5.41 Å². The molecule has 1 aromatic rings. The SMILES string of the molecule is Cc1ccc(C(=C=[N-])C#N)cc1C. The number of nitrogens with zero attached hydrogens (tertiary/aromatic N) is 2. The van der Waals surface area contributed by atoms with E-state index in [1.165, 1.54) is 5.56 Å². The number of benzene rings is 1. The quantitative estimate of drug-likeness (QED) is 0.470. The molecule has 0 heterocycles. The van der Waals surface area contributed by atoms with Gasteiger partial charge in [0.1, 0.15) is 6.07 Å². The smallest absolute Gasteiger partial charge is 0.106 e. The van der Waals surface area contributed by atoms with Crippen molar-refractivity contribution in [1.82, 2.24) is 0 Å². The molecule has 0 bridgehead atoms. The van der Waals surface area contributed by atoms with E-state index in [9.17, 15) is 0 Å². The van der Waals surface area contributed by atoms with Crippen LogP contribution in [0, 0.1) is 25.2 Å². The molecule has 0 saturated heterocycles. The Hall–Kier alpha value is -1.84. The summed E-state index contributed by atoms with van der Waals surface area (Å²) in [6, 6.07) is 7.44. The van der Waals surface area contributed by atoms with Crippen molar-refractivity contribution in [2.45, 2.75) is 13.8 Å². The van der Waals surface area contributed by atoms with Gasteiger partial charge in [0.2, 0.25) is 0 Å². The number of aryl methyl sites for hydroxylation is 2. The van der Waals surface area contributed by atoms with E-state index in [-0.39, 0.29) is 5.57 Å². The van der Waals surface area contributed by atoms with E-state index in [2.05, 4.69) is 0 Å². The fourth-order valence-corrected chi connectivity index (χ4v) is 1.05. The molecule has 2 nitrogen and oxygen atoms in total. The summed E-state index contributed by atoms with van der Waals surface area (Å²) < 4.78 is 0. The van der Waals surface area contributed by atoms with Gasteiger partial charge in [-0.15, -0.1) is 0 Å². The van der Waals surface area contributed by atoms with Gasteiger partial charge in [-0.3, -0.25) is 0 Å². The molecule has 0 aliphatic carbocycles. The largest absolute Gasteiger partial charge is 0.762 e. The molecule has 0 N–H and O–H groups in total. The van der Waals surface area contributed by atoms with E-state index in [1.807, 2.05) is 37.9 Å². The van der Waals surface area contributed by atoms with Crippen LogP contribution in [0.4, 0.5) is 0 Å². The van der Waals surface area contributed by atoms with Crippen molar-refractivity contribution in [2.24, 2.45) is 0 Å². The third-order valence-electron chi connectivity index (χ3n) is 2.02. The fourth-order valence-electron chi connectivity index (χ4n) is 1.05. The van der Waals surface area contributed by atoms with Gasteiger partial charge in [-0.05, 0) is 36.6 Å². The van der Waals surface area contributed by atoms with Crippen molar-refractivity contribution in [3.63, 3.8) is 0 Å². The predicted octanol–water partition coefficient (Wildman–Crippen LogP) is 2.45. The summed E-state index contributed by atoms with van der Waals surface area (Å²) in [6.07, 6.45) is 0. The second-order valence-corrected chi connectivity index (χ2v) is 2.90. The Bertz CT molecular complexity index is 418. The van der Waals surface area contributed by atoms with Gasteiger partial charge in [-0.2, -0.15) is 5.26 Å². The summed E-state index contributed by atoms with van der Waals surface area (Å²) in [4.78, 5) is 0. The van der Waals surface area contributed by atoms with Crippen LogP contribution >= 0.6 is 0 Å². The number of hydrogen-bond acceptors (Lipinski definition) is 1. The Morgan fingerprint density at radius 3 is 2.46 bits per heavy atom.